The first-order valence-electron chi connectivity index (χ1n) is 13.7. The van der Waals surface area contributed by atoms with Gasteiger partial charge in [0.15, 0.2) is 5.82 Å². The molecule has 2 N–H and O–H groups in total. The van der Waals surface area contributed by atoms with Crippen LogP contribution in [-0.2, 0) is 19.7 Å². The predicted octanol–water partition coefficient (Wildman–Crippen LogP) is 5.20. The monoisotopic (exact) mass is 547 g/mol. The smallest absolute Gasteiger partial charge is 0.264 e. The van der Waals surface area contributed by atoms with Crippen LogP contribution in [0.3, 0.4) is 0 Å². The lowest BCUT2D eigenvalue weighted by atomic mass is 9.75. The number of carbonyl (C=O) groups is 1. The number of anilines is 1. The van der Waals surface area contributed by atoms with Crippen molar-refractivity contribution in [2.24, 2.45) is 5.92 Å². The van der Waals surface area contributed by atoms with Crippen LogP contribution in [0.15, 0.2) is 16.7 Å². The van der Waals surface area contributed by atoms with Crippen LogP contribution in [0.1, 0.15) is 80.6 Å². The van der Waals surface area contributed by atoms with E-state index in [2.05, 4.69) is 25.4 Å². The number of rotatable bonds is 7. The van der Waals surface area contributed by atoms with Gasteiger partial charge in [-0.15, -0.1) is 0 Å². The Morgan fingerprint density at radius 1 is 1.00 bits per heavy atom. The van der Waals surface area contributed by atoms with Crippen molar-refractivity contribution in [1.29, 1.82) is 0 Å². The molecule has 2 aromatic heterocycles. The fourth-order valence-electron chi connectivity index (χ4n) is 6.13. The van der Waals surface area contributed by atoms with Crippen LogP contribution in [0.5, 0.6) is 0 Å². The fourth-order valence-corrected chi connectivity index (χ4v) is 6.13. The van der Waals surface area contributed by atoms with Crippen LogP contribution in [0.25, 0.3) is 11.0 Å². The number of alkyl halides is 2. The summed E-state index contributed by atoms with van der Waals surface area (Å²) in [7, 11) is 0. The number of fused-ring (bicyclic) bond motifs is 1. The van der Waals surface area contributed by atoms with Gasteiger partial charge >= 0.3 is 0 Å². The third kappa shape index (κ3) is 5.16. The number of aromatic nitrogens is 4. The summed E-state index contributed by atoms with van der Waals surface area (Å²) in [5.74, 6) is -2.23. The minimum absolute atomic E-state index is 0.0997. The van der Waals surface area contributed by atoms with E-state index in [0.29, 0.717) is 62.1 Å². The lowest BCUT2D eigenvalue weighted by molar-refractivity contribution is -0.116. The van der Waals surface area contributed by atoms with E-state index >= 15 is 4.39 Å². The highest BCUT2D eigenvalue weighted by Gasteiger charge is 2.41. The third-order valence-electron chi connectivity index (χ3n) is 8.58. The molecule has 1 atom stereocenters. The number of nitrogens with zero attached hydrogens (tertiary/aromatic N) is 3. The zero-order valence-corrected chi connectivity index (χ0v) is 21.6. The fraction of sp³-hybridized carbons (Fsp3) is 0.630. The molecule has 39 heavy (non-hydrogen) atoms. The van der Waals surface area contributed by atoms with Gasteiger partial charge in [0.2, 0.25) is 11.8 Å². The Hall–Kier alpha value is -2.99. The highest BCUT2D eigenvalue weighted by molar-refractivity contribution is 5.80. The summed E-state index contributed by atoms with van der Waals surface area (Å²) in [6.07, 6.45) is 3.20. The Morgan fingerprint density at radius 2 is 1.72 bits per heavy atom. The molecular formula is C27H32F3N5O4. The van der Waals surface area contributed by atoms with Crippen molar-refractivity contribution in [1.82, 2.24) is 20.1 Å². The van der Waals surface area contributed by atoms with E-state index in [-0.39, 0.29) is 49.0 Å². The summed E-state index contributed by atoms with van der Waals surface area (Å²) in [6, 6.07) is 2.77. The Morgan fingerprint density at radius 3 is 2.44 bits per heavy atom. The lowest BCUT2D eigenvalue weighted by Gasteiger charge is -2.33. The van der Waals surface area contributed by atoms with E-state index in [9.17, 15) is 13.6 Å². The molecule has 3 aromatic rings. The van der Waals surface area contributed by atoms with Crippen molar-refractivity contribution in [3.8, 4) is 0 Å². The molecule has 3 fully saturated rings. The predicted molar refractivity (Wildman–Crippen MR) is 134 cm³/mol. The first-order chi connectivity index (χ1) is 18.9. The van der Waals surface area contributed by atoms with E-state index in [1.54, 1.807) is 12.1 Å². The number of imidazole rings is 1. The van der Waals surface area contributed by atoms with Gasteiger partial charge in [0.25, 0.3) is 5.95 Å². The van der Waals surface area contributed by atoms with Crippen molar-refractivity contribution in [2.45, 2.75) is 74.7 Å². The number of aromatic amines is 1. The molecule has 3 aliphatic rings. The van der Waals surface area contributed by atoms with Crippen molar-refractivity contribution in [3.63, 3.8) is 0 Å². The average Bonchev–Trinajstić information content (AvgIpc) is 3.61. The number of hydrogen-bond acceptors (Lipinski definition) is 8. The minimum atomic E-state index is -2.70. The molecule has 9 nitrogen and oxygen atoms in total. The zero-order valence-electron chi connectivity index (χ0n) is 21.6. The maximum Gasteiger partial charge on any atom is 0.264 e. The Kier molecular flexibility index (Phi) is 7.09. The number of ether oxygens (including phenoxy) is 2. The van der Waals surface area contributed by atoms with Gasteiger partial charge in [-0.05, 0) is 55.7 Å². The molecule has 0 unspecified atom stereocenters. The number of aldehydes is 1. The van der Waals surface area contributed by atoms with Crippen molar-refractivity contribution >= 4 is 23.3 Å². The number of H-pyrrole nitrogens is 1. The molecule has 12 heteroatoms. The topological polar surface area (TPSA) is 115 Å². The van der Waals surface area contributed by atoms with E-state index in [1.807, 2.05) is 0 Å². The first kappa shape index (κ1) is 26.2. The number of hydrogen-bond donors (Lipinski definition) is 2. The van der Waals surface area contributed by atoms with E-state index in [4.69, 9.17) is 14.0 Å². The molecule has 1 saturated carbocycles. The molecule has 0 spiro atoms. The molecule has 4 heterocycles. The van der Waals surface area contributed by atoms with Gasteiger partial charge in [-0.2, -0.15) is 4.98 Å². The second kappa shape index (κ2) is 10.5. The van der Waals surface area contributed by atoms with Crippen LogP contribution < -0.4 is 5.32 Å². The number of nitrogens with one attached hydrogen (secondary N) is 2. The minimum Gasteiger partial charge on any atom is -0.381 e. The summed E-state index contributed by atoms with van der Waals surface area (Å²) in [6.45, 7) is 2.00. The molecule has 2 aliphatic heterocycles. The van der Waals surface area contributed by atoms with Crippen LogP contribution in [0.4, 0.5) is 19.1 Å². The average molecular weight is 548 g/mol. The molecule has 0 amide bonds. The van der Waals surface area contributed by atoms with Gasteiger partial charge in [0.05, 0.1) is 17.0 Å². The molecule has 0 radical (unpaired) electrons. The summed E-state index contributed by atoms with van der Waals surface area (Å²) in [5.41, 5.74) is -0.0946. The molecular weight excluding hydrogens is 515 g/mol. The Labute approximate surface area is 223 Å². The summed E-state index contributed by atoms with van der Waals surface area (Å²) >= 11 is 0. The number of carbonyl (C=O) groups excluding carboxylic acids is 1. The van der Waals surface area contributed by atoms with Crippen LogP contribution in [0.2, 0.25) is 0 Å². The second-order valence-corrected chi connectivity index (χ2v) is 11.0. The molecule has 2 saturated heterocycles. The normalized spacial score (nSPS) is 23.1. The SMILES string of the molecule is O=CC1(c2ccc3[nH]c([C@@H](Nc4noc(C5CCOCC5)n4)C4CCC(F)(F)CC4)nc3c2F)CCOCC1. The summed E-state index contributed by atoms with van der Waals surface area (Å²) < 4.78 is 60.2. The molecule has 1 aliphatic carbocycles. The number of halogens is 3. The van der Waals surface area contributed by atoms with Gasteiger partial charge in [0.1, 0.15) is 17.6 Å². The van der Waals surface area contributed by atoms with Gasteiger partial charge in [-0.3, -0.25) is 0 Å². The highest BCUT2D eigenvalue weighted by Crippen LogP contribution is 2.43. The van der Waals surface area contributed by atoms with Crippen molar-refractivity contribution < 1.29 is 32.0 Å². The summed E-state index contributed by atoms with van der Waals surface area (Å²) in [4.78, 5) is 24.4. The van der Waals surface area contributed by atoms with Gasteiger partial charge in [-0.25, -0.2) is 18.2 Å². The zero-order chi connectivity index (χ0) is 27.0. The van der Waals surface area contributed by atoms with E-state index in [1.165, 1.54) is 0 Å². The quantitative estimate of drug-likeness (QED) is 0.388. The lowest BCUT2D eigenvalue weighted by Crippen LogP contribution is -2.36. The maximum atomic E-state index is 15.9. The molecule has 210 valence electrons. The maximum absolute atomic E-state index is 15.9. The second-order valence-electron chi connectivity index (χ2n) is 11.0. The first-order valence-corrected chi connectivity index (χ1v) is 13.7. The van der Waals surface area contributed by atoms with E-state index in [0.717, 1.165) is 19.1 Å². The van der Waals surface area contributed by atoms with Gasteiger partial charge in [0, 0.05) is 50.8 Å². The van der Waals surface area contributed by atoms with Gasteiger partial charge < -0.3 is 29.1 Å². The highest BCUT2D eigenvalue weighted by atomic mass is 19.3. The molecule has 0 bridgehead atoms. The standard InChI is InChI=1S/C27H32F3N5O4/c28-20-18(26(15-36)9-13-38-14-10-26)1-2-19-22(20)32-23(31-19)21(16-3-7-27(29,30)8-4-16)33-25-34-24(39-35-25)17-5-11-37-12-6-17/h1-2,15-17,21H,3-14H2,(H,31,32)(H,33,35)/t21-/m0/s1. The van der Waals surface area contributed by atoms with Gasteiger partial charge in [-0.1, -0.05) is 6.07 Å². The Balaban J connectivity index is 1.33. The number of benzene rings is 1. The van der Waals surface area contributed by atoms with Crippen molar-refractivity contribution in [3.05, 3.63) is 35.2 Å². The van der Waals surface area contributed by atoms with Crippen LogP contribution in [0, 0.1) is 11.7 Å². The van der Waals surface area contributed by atoms with Crippen LogP contribution in [-0.4, -0.2) is 58.7 Å². The third-order valence-corrected chi connectivity index (χ3v) is 8.58. The van der Waals surface area contributed by atoms with E-state index < -0.39 is 23.2 Å². The Bertz CT molecular complexity index is 1310. The summed E-state index contributed by atoms with van der Waals surface area (Å²) in [5, 5.41) is 7.34. The van der Waals surface area contributed by atoms with Crippen molar-refractivity contribution in [2.75, 3.05) is 31.7 Å². The molecule has 1 aromatic carbocycles. The largest absolute Gasteiger partial charge is 0.381 e. The van der Waals surface area contributed by atoms with Crippen LogP contribution >= 0.6 is 0 Å². The molecule has 6 rings (SSSR count).